The van der Waals surface area contributed by atoms with Gasteiger partial charge in [0.05, 0.1) is 0 Å². The second-order valence-corrected chi connectivity index (χ2v) is 2.38. The van der Waals surface area contributed by atoms with Crippen LogP contribution >= 0.6 is 0 Å². The van der Waals surface area contributed by atoms with Crippen LogP contribution in [0.15, 0.2) is 41.2 Å². The van der Waals surface area contributed by atoms with Gasteiger partial charge in [-0.15, -0.1) is 0 Å². The highest BCUT2D eigenvalue weighted by molar-refractivity contribution is 5.68. The van der Waals surface area contributed by atoms with Gasteiger partial charge in [0.1, 0.15) is 0 Å². The number of aliphatic imine (C=N–C) groups is 1. The zero-order chi connectivity index (χ0) is 9.94. The molecule has 0 aliphatic carbocycles. The fourth-order valence-electron chi connectivity index (χ4n) is 0.678. The van der Waals surface area contributed by atoms with Crippen LogP contribution in [0.25, 0.3) is 0 Å². The van der Waals surface area contributed by atoms with Gasteiger partial charge in [0, 0.05) is 31.2 Å². The van der Waals surface area contributed by atoms with Crippen molar-refractivity contribution in [2.75, 3.05) is 0 Å². The smallest absolute Gasteiger partial charge is 0.0418 e. The van der Waals surface area contributed by atoms with Crippen molar-refractivity contribution in [3.63, 3.8) is 0 Å². The molecular weight excluding hydrogens is 162 g/mol. The van der Waals surface area contributed by atoms with E-state index in [9.17, 15) is 0 Å². The molecule has 0 aromatic rings. The minimum atomic E-state index is 0.776. The molecule has 0 aromatic heterocycles. The summed E-state index contributed by atoms with van der Waals surface area (Å²) in [6, 6.07) is 0. The van der Waals surface area contributed by atoms with Crippen molar-refractivity contribution >= 4 is 12.4 Å². The van der Waals surface area contributed by atoms with Gasteiger partial charge in [0.15, 0.2) is 0 Å². The maximum absolute atomic E-state index is 6.78. The van der Waals surface area contributed by atoms with Crippen LogP contribution in [0.1, 0.15) is 13.3 Å². The molecular formula is C10H15N3. The molecule has 13 heavy (non-hydrogen) atoms. The van der Waals surface area contributed by atoms with Crippen molar-refractivity contribution in [2.24, 2.45) is 10.7 Å². The van der Waals surface area contributed by atoms with Gasteiger partial charge in [-0.05, 0) is 13.0 Å². The molecule has 0 rings (SSSR count). The Morgan fingerprint density at radius 1 is 1.54 bits per heavy atom. The third-order valence-electron chi connectivity index (χ3n) is 1.28. The van der Waals surface area contributed by atoms with Crippen molar-refractivity contribution < 1.29 is 0 Å². The van der Waals surface area contributed by atoms with Crippen molar-refractivity contribution in [1.82, 2.24) is 0 Å². The first-order chi connectivity index (χ1) is 6.31. The van der Waals surface area contributed by atoms with E-state index in [0.717, 1.165) is 12.0 Å². The maximum Gasteiger partial charge on any atom is 0.0418 e. The Hall–Kier alpha value is -1.64. The topological polar surface area (TPSA) is 62.2 Å². The van der Waals surface area contributed by atoms with Crippen LogP contribution < -0.4 is 5.73 Å². The summed E-state index contributed by atoms with van der Waals surface area (Å²) in [5.41, 5.74) is 6.21. The Kier molecular flexibility index (Phi) is 7.39. The molecule has 0 amide bonds. The van der Waals surface area contributed by atoms with Gasteiger partial charge < -0.3 is 11.1 Å². The van der Waals surface area contributed by atoms with E-state index < -0.39 is 0 Å². The minimum Gasteiger partial charge on any atom is -0.403 e. The highest BCUT2D eigenvalue weighted by Crippen LogP contribution is 1.95. The number of nitrogens with zero attached hydrogens (tertiary/aromatic N) is 1. The summed E-state index contributed by atoms with van der Waals surface area (Å²) in [6.07, 6.45) is 12.3. The Morgan fingerprint density at radius 2 is 2.31 bits per heavy atom. The van der Waals surface area contributed by atoms with E-state index in [1.54, 1.807) is 12.3 Å². The molecule has 0 aliphatic rings. The second-order valence-electron chi connectivity index (χ2n) is 2.38. The SMILES string of the molecule is CC(/C=C\C=N)=C/CC=N/C=C\N. The van der Waals surface area contributed by atoms with Gasteiger partial charge in [-0.3, -0.25) is 4.99 Å². The average molecular weight is 177 g/mol. The molecule has 0 saturated carbocycles. The molecule has 0 fully saturated rings. The molecule has 0 aliphatic heterocycles. The summed E-state index contributed by atoms with van der Waals surface area (Å²) in [5.74, 6) is 0. The monoisotopic (exact) mass is 177 g/mol. The third-order valence-corrected chi connectivity index (χ3v) is 1.28. The highest BCUT2D eigenvalue weighted by atomic mass is 14.7. The molecule has 0 heterocycles. The van der Waals surface area contributed by atoms with Gasteiger partial charge in [-0.2, -0.15) is 0 Å². The number of hydrogen-bond donors (Lipinski definition) is 2. The van der Waals surface area contributed by atoms with Crippen LogP contribution in [-0.2, 0) is 0 Å². The fourth-order valence-corrected chi connectivity index (χ4v) is 0.678. The lowest BCUT2D eigenvalue weighted by Gasteiger charge is -1.87. The van der Waals surface area contributed by atoms with Gasteiger partial charge in [0.25, 0.3) is 0 Å². The summed E-state index contributed by atoms with van der Waals surface area (Å²) in [6.45, 7) is 1.98. The molecule has 3 nitrogen and oxygen atoms in total. The first-order valence-corrected chi connectivity index (χ1v) is 4.03. The number of hydrogen-bond acceptors (Lipinski definition) is 3. The van der Waals surface area contributed by atoms with E-state index in [-0.39, 0.29) is 0 Å². The normalized spacial score (nSPS) is 13.5. The van der Waals surface area contributed by atoms with Gasteiger partial charge in [-0.1, -0.05) is 17.7 Å². The molecule has 70 valence electrons. The standard InChI is InChI=1S/C10H15N3/c1-10(4-2-6-11)5-3-8-13-9-7-12/h2,4-9,11H,3,12H2,1H3/b4-2-,9-7-,10-5-,11-6?,13-8?. The first-order valence-electron chi connectivity index (χ1n) is 4.03. The van der Waals surface area contributed by atoms with Crippen LogP contribution in [0.4, 0.5) is 0 Å². The van der Waals surface area contributed by atoms with Gasteiger partial charge in [-0.25, -0.2) is 0 Å². The largest absolute Gasteiger partial charge is 0.403 e. The van der Waals surface area contributed by atoms with Crippen molar-refractivity contribution in [3.05, 3.63) is 36.2 Å². The zero-order valence-corrected chi connectivity index (χ0v) is 7.77. The number of nitrogens with one attached hydrogen (secondary N) is 1. The van der Waals surface area contributed by atoms with Crippen molar-refractivity contribution in [2.45, 2.75) is 13.3 Å². The fraction of sp³-hybridized carbons (Fsp3) is 0.200. The zero-order valence-electron chi connectivity index (χ0n) is 7.77. The van der Waals surface area contributed by atoms with E-state index in [1.165, 1.54) is 18.6 Å². The Bertz CT molecular complexity index is 247. The number of allylic oxidation sites excluding steroid dienone is 4. The van der Waals surface area contributed by atoms with Crippen LogP contribution in [0.3, 0.4) is 0 Å². The second kappa shape index (κ2) is 8.46. The van der Waals surface area contributed by atoms with Crippen LogP contribution in [0.2, 0.25) is 0 Å². The van der Waals surface area contributed by atoms with E-state index in [1.807, 2.05) is 19.1 Å². The molecule has 0 unspecified atom stereocenters. The van der Waals surface area contributed by atoms with E-state index in [4.69, 9.17) is 11.1 Å². The lowest BCUT2D eigenvalue weighted by molar-refractivity contribution is 1.38. The summed E-state index contributed by atoms with van der Waals surface area (Å²) in [7, 11) is 0. The quantitative estimate of drug-likeness (QED) is 0.490. The predicted octanol–water partition coefficient (Wildman–Crippen LogP) is 2.03. The summed E-state index contributed by atoms with van der Waals surface area (Å²) >= 11 is 0. The van der Waals surface area contributed by atoms with E-state index in [0.29, 0.717) is 0 Å². The summed E-state index contributed by atoms with van der Waals surface area (Å²) in [5, 5.41) is 6.78. The van der Waals surface area contributed by atoms with Crippen molar-refractivity contribution in [3.8, 4) is 0 Å². The van der Waals surface area contributed by atoms with Crippen LogP contribution in [-0.4, -0.2) is 12.4 Å². The lowest BCUT2D eigenvalue weighted by atomic mass is 10.2. The molecule has 3 heteroatoms. The third kappa shape index (κ3) is 8.26. The molecule has 0 saturated heterocycles. The number of rotatable bonds is 5. The lowest BCUT2D eigenvalue weighted by Crippen LogP contribution is -1.75. The van der Waals surface area contributed by atoms with E-state index in [2.05, 4.69) is 4.99 Å². The Morgan fingerprint density at radius 3 is 2.92 bits per heavy atom. The molecule has 0 bridgehead atoms. The maximum atomic E-state index is 6.78. The molecule has 0 atom stereocenters. The van der Waals surface area contributed by atoms with Crippen LogP contribution in [0.5, 0.6) is 0 Å². The summed E-state index contributed by atoms with van der Waals surface area (Å²) < 4.78 is 0. The number of nitrogens with two attached hydrogens (primary N) is 1. The first kappa shape index (κ1) is 11.4. The highest BCUT2D eigenvalue weighted by Gasteiger charge is 1.78. The molecule has 0 radical (unpaired) electrons. The van der Waals surface area contributed by atoms with Crippen molar-refractivity contribution in [1.29, 1.82) is 5.41 Å². The Labute approximate surface area is 78.9 Å². The van der Waals surface area contributed by atoms with Gasteiger partial charge >= 0.3 is 0 Å². The molecule has 0 spiro atoms. The molecule has 3 N–H and O–H groups in total. The predicted molar refractivity (Wildman–Crippen MR) is 58.1 cm³/mol. The average Bonchev–Trinajstić information content (AvgIpc) is 2.14. The van der Waals surface area contributed by atoms with Crippen LogP contribution in [0, 0.1) is 5.41 Å². The summed E-state index contributed by atoms with van der Waals surface area (Å²) in [4.78, 5) is 3.90. The van der Waals surface area contributed by atoms with E-state index >= 15 is 0 Å². The van der Waals surface area contributed by atoms with Gasteiger partial charge in [0.2, 0.25) is 0 Å². The minimum absolute atomic E-state index is 0.776. The molecule has 0 aromatic carbocycles. The Balaban J connectivity index is 3.83.